The molecule has 0 saturated heterocycles. The van der Waals surface area contributed by atoms with Gasteiger partial charge in [0.05, 0.1) is 9.90 Å². The van der Waals surface area contributed by atoms with Gasteiger partial charge in [-0.05, 0) is 41.3 Å². The fourth-order valence-electron chi connectivity index (χ4n) is 2.40. The van der Waals surface area contributed by atoms with E-state index in [1.807, 2.05) is 41.8 Å². The van der Waals surface area contributed by atoms with Crippen LogP contribution in [0, 0.1) is 0 Å². The lowest BCUT2D eigenvalue weighted by molar-refractivity contribution is 0.306. The van der Waals surface area contributed by atoms with Crippen LogP contribution in [0.1, 0.15) is 5.56 Å². The molecule has 0 spiro atoms. The van der Waals surface area contributed by atoms with Crippen molar-refractivity contribution in [3.63, 3.8) is 0 Å². The quantitative estimate of drug-likeness (QED) is 0.390. The maximum absolute atomic E-state index is 6.15. The first-order valence-electron chi connectivity index (χ1n) is 7.74. The van der Waals surface area contributed by atoms with E-state index in [0.29, 0.717) is 34.1 Å². The van der Waals surface area contributed by atoms with Gasteiger partial charge in [-0.15, -0.1) is 11.3 Å². The van der Waals surface area contributed by atoms with E-state index in [9.17, 15) is 0 Å². The van der Waals surface area contributed by atoms with Gasteiger partial charge in [0.25, 0.3) is 5.89 Å². The molecular formula is C19H12Cl2N2O2S. The van der Waals surface area contributed by atoms with Crippen molar-refractivity contribution < 1.29 is 9.26 Å². The molecule has 0 aliphatic heterocycles. The monoisotopic (exact) mass is 402 g/mol. The highest BCUT2D eigenvalue weighted by atomic mass is 35.5. The normalized spacial score (nSPS) is 10.8. The maximum Gasteiger partial charge on any atom is 0.258 e. The van der Waals surface area contributed by atoms with Crippen LogP contribution in [-0.4, -0.2) is 10.1 Å². The lowest BCUT2D eigenvalue weighted by Crippen LogP contribution is -1.96. The number of ether oxygens (including phenoxy) is 1. The average Bonchev–Trinajstić information content (AvgIpc) is 3.35. The van der Waals surface area contributed by atoms with E-state index in [-0.39, 0.29) is 0 Å². The molecule has 7 heteroatoms. The second-order valence-electron chi connectivity index (χ2n) is 5.44. The van der Waals surface area contributed by atoms with E-state index in [2.05, 4.69) is 10.1 Å². The Bertz CT molecular complexity index is 1030. The molecule has 2 aromatic heterocycles. The second kappa shape index (κ2) is 7.50. The first-order chi connectivity index (χ1) is 12.7. The zero-order chi connectivity index (χ0) is 17.9. The highest BCUT2D eigenvalue weighted by molar-refractivity contribution is 7.13. The Morgan fingerprint density at radius 2 is 1.92 bits per heavy atom. The summed E-state index contributed by atoms with van der Waals surface area (Å²) in [4.78, 5) is 5.43. The summed E-state index contributed by atoms with van der Waals surface area (Å²) in [6.07, 6.45) is 0. The van der Waals surface area contributed by atoms with Crippen molar-refractivity contribution in [1.82, 2.24) is 10.1 Å². The molecule has 2 aromatic carbocycles. The van der Waals surface area contributed by atoms with Crippen LogP contribution < -0.4 is 4.74 Å². The number of nitrogens with zero attached hydrogens (tertiary/aromatic N) is 2. The SMILES string of the molecule is Clc1cccc(OCc2cccc(-c3nc(-c4cccs4)no3)c2)c1Cl. The van der Waals surface area contributed by atoms with Gasteiger partial charge < -0.3 is 9.26 Å². The number of benzene rings is 2. The second-order valence-corrected chi connectivity index (χ2v) is 7.17. The molecule has 0 atom stereocenters. The van der Waals surface area contributed by atoms with Gasteiger partial charge in [0.1, 0.15) is 17.4 Å². The van der Waals surface area contributed by atoms with E-state index in [4.69, 9.17) is 32.5 Å². The molecule has 0 bridgehead atoms. The summed E-state index contributed by atoms with van der Waals surface area (Å²) in [7, 11) is 0. The number of thiophene rings is 1. The third-order valence-electron chi connectivity index (χ3n) is 3.65. The minimum Gasteiger partial charge on any atom is -0.487 e. The molecule has 0 radical (unpaired) electrons. The molecule has 0 saturated carbocycles. The largest absolute Gasteiger partial charge is 0.487 e. The van der Waals surface area contributed by atoms with Crippen molar-refractivity contribution in [1.29, 1.82) is 0 Å². The first-order valence-corrected chi connectivity index (χ1v) is 9.38. The molecule has 130 valence electrons. The third-order valence-corrected chi connectivity index (χ3v) is 5.32. The Morgan fingerprint density at radius 3 is 2.77 bits per heavy atom. The zero-order valence-corrected chi connectivity index (χ0v) is 15.7. The molecule has 26 heavy (non-hydrogen) atoms. The van der Waals surface area contributed by atoms with E-state index in [1.165, 1.54) is 0 Å². The fraction of sp³-hybridized carbons (Fsp3) is 0.0526. The lowest BCUT2D eigenvalue weighted by atomic mass is 10.1. The van der Waals surface area contributed by atoms with Crippen molar-refractivity contribution in [2.75, 3.05) is 0 Å². The summed E-state index contributed by atoms with van der Waals surface area (Å²) >= 11 is 13.7. The Kier molecular flexibility index (Phi) is 4.93. The maximum atomic E-state index is 6.15. The van der Waals surface area contributed by atoms with Gasteiger partial charge in [-0.25, -0.2) is 0 Å². The van der Waals surface area contributed by atoms with Gasteiger partial charge in [-0.3, -0.25) is 0 Å². The molecule has 0 aliphatic carbocycles. The number of aromatic nitrogens is 2. The van der Waals surface area contributed by atoms with E-state index < -0.39 is 0 Å². The summed E-state index contributed by atoms with van der Waals surface area (Å²) < 4.78 is 11.2. The van der Waals surface area contributed by atoms with Gasteiger partial charge >= 0.3 is 0 Å². The van der Waals surface area contributed by atoms with Crippen molar-refractivity contribution in [2.45, 2.75) is 6.61 Å². The van der Waals surface area contributed by atoms with Crippen LogP contribution in [0.3, 0.4) is 0 Å². The average molecular weight is 403 g/mol. The van der Waals surface area contributed by atoms with E-state index in [0.717, 1.165) is 16.0 Å². The highest BCUT2D eigenvalue weighted by Crippen LogP contribution is 2.32. The Morgan fingerprint density at radius 1 is 1.04 bits per heavy atom. The summed E-state index contributed by atoms with van der Waals surface area (Å²) in [5.41, 5.74) is 1.79. The van der Waals surface area contributed by atoms with Gasteiger partial charge in [-0.2, -0.15) is 4.98 Å². The zero-order valence-electron chi connectivity index (χ0n) is 13.4. The molecule has 0 unspecified atom stereocenters. The van der Waals surface area contributed by atoms with Crippen molar-refractivity contribution in [2.24, 2.45) is 0 Å². The summed E-state index contributed by atoms with van der Waals surface area (Å²) in [5.74, 6) is 1.60. The van der Waals surface area contributed by atoms with Crippen LogP contribution in [0.5, 0.6) is 5.75 Å². The van der Waals surface area contributed by atoms with E-state index in [1.54, 1.807) is 29.5 Å². The third kappa shape index (κ3) is 3.60. The van der Waals surface area contributed by atoms with Gasteiger partial charge in [0.15, 0.2) is 0 Å². The molecular weight excluding hydrogens is 391 g/mol. The predicted molar refractivity (Wildman–Crippen MR) is 104 cm³/mol. The van der Waals surface area contributed by atoms with Crippen LogP contribution in [0.4, 0.5) is 0 Å². The van der Waals surface area contributed by atoms with Crippen LogP contribution in [0.2, 0.25) is 10.0 Å². The standard InChI is InChI=1S/C19H12Cl2N2O2S/c20-14-6-2-7-15(17(14)21)24-11-12-4-1-5-13(10-12)19-22-18(23-25-19)16-8-3-9-26-16/h1-10H,11H2. The van der Waals surface area contributed by atoms with Crippen LogP contribution >= 0.6 is 34.5 Å². The smallest absolute Gasteiger partial charge is 0.258 e. The Balaban J connectivity index is 1.53. The number of hydrogen-bond acceptors (Lipinski definition) is 5. The van der Waals surface area contributed by atoms with Gasteiger partial charge in [-0.1, -0.05) is 52.6 Å². The molecule has 0 fully saturated rings. The molecule has 4 rings (SSSR count). The number of halogens is 2. The van der Waals surface area contributed by atoms with Crippen LogP contribution in [0.15, 0.2) is 64.5 Å². The van der Waals surface area contributed by atoms with Crippen molar-refractivity contribution >= 4 is 34.5 Å². The Labute approximate surface area is 164 Å². The molecule has 0 N–H and O–H groups in total. The van der Waals surface area contributed by atoms with Crippen LogP contribution in [0.25, 0.3) is 22.2 Å². The van der Waals surface area contributed by atoms with Crippen molar-refractivity contribution in [3.05, 3.63) is 75.6 Å². The van der Waals surface area contributed by atoms with Crippen molar-refractivity contribution in [3.8, 4) is 27.9 Å². The topological polar surface area (TPSA) is 48.2 Å². The highest BCUT2D eigenvalue weighted by Gasteiger charge is 2.12. The Hall–Kier alpha value is -2.34. The number of hydrogen-bond donors (Lipinski definition) is 0. The van der Waals surface area contributed by atoms with Gasteiger partial charge in [0.2, 0.25) is 5.82 Å². The molecule has 0 amide bonds. The fourth-order valence-corrected chi connectivity index (χ4v) is 3.39. The summed E-state index contributed by atoms with van der Waals surface area (Å²) in [6, 6.07) is 17.0. The van der Waals surface area contributed by atoms with Crippen LogP contribution in [-0.2, 0) is 6.61 Å². The summed E-state index contributed by atoms with van der Waals surface area (Å²) in [6.45, 7) is 0.347. The minimum atomic E-state index is 0.347. The minimum absolute atomic E-state index is 0.347. The molecule has 4 aromatic rings. The van der Waals surface area contributed by atoms with E-state index >= 15 is 0 Å². The number of rotatable bonds is 5. The van der Waals surface area contributed by atoms with Gasteiger partial charge in [0, 0.05) is 5.56 Å². The molecule has 2 heterocycles. The predicted octanol–water partition coefficient (Wildman–Crippen LogP) is 6.35. The first kappa shape index (κ1) is 17.1. The summed E-state index contributed by atoms with van der Waals surface area (Å²) in [5, 5.41) is 6.89. The molecule has 4 nitrogen and oxygen atoms in total. The lowest BCUT2D eigenvalue weighted by Gasteiger charge is -2.09. The molecule has 0 aliphatic rings.